The molecule has 2 aromatic carbocycles. The Bertz CT molecular complexity index is 940. The molecule has 0 bridgehead atoms. The van der Waals surface area contributed by atoms with Gasteiger partial charge in [-0.05, 0) is 30.3 Å². The van der Waals surface area contributed by atoms with E-state index in [0.717, 1.165) is 0 Å². The molecule has 3 rings (SSSR count). The summed E-state index contributed by atoms with van der Waals surface area (Å²) in [6.07, 6.45) is 1.70. The molecule has 128 valence electrons. The van der Waals surface area contributed by atoms with Gasteiger partial charge in [-0.15, -0.1) is 11.3 Å². The number of halogens is 1. The fourth-order valence-electron chi connectivity index (χ4n) is 2.26. The van der Waals surface area contributed by atoms with Gasteiger partial charge in [0.2, 0.25) is 5.91 Å². The largest absolute Gasteiger partial charge is 0.326 e. The molecule has 1 unspecified atom stereocenters. The molecule has 0 aliphatic carbocycles. The quantitative estimate of drug-likeness (QED) is 0.738. The summed E-state index contributed by atoms with van der Waals surface area (Å²) in [6.45, 7) is 0. The van der Waals surface area contributed by atoms with Crippen molar-refractivity contribution in [2.24, 2.45) is 0 Å². The number of hydrogen-bond donors (Lipinski definition) is 1. The van der Waals surface area contributed by atoms with Gasteiger partial charge in [-0.2, -0.15) is 0 Å². The highest BCUT2D eigenvalue weighted by Gasteiger charge is 2.10. The lowest BCUT2D eigenvalue weighted by Gasteiger charge is -2.05. The maximum Gasteiger partial charge on any atom is 0.230 e. The van der Waals surface area contributed by atoms with E-state index in [1.807, 2.05) is 0 Å². The summed E-state index contributed by atoms with van der Waals surface area (Å²) in [5.41, 5.74) is 1.91. The molecule has 0 aliphatic heterocycles. The van der Waals surface area contributed by atoms with Crippen LogP contribution in [0.25, 0.3) is 10.6 Å². The van der Waals surface area contributed by atoms with E-state index in [4.69, 9.17) is 0 Å². The first-order chi connectivity index (χ1) is 12.0. The average molecular weight is 374 g/mol. The maximum atomic E-state index is 13.3. The predicted molar refractivity (Wildman–Crippen MR) is 98.6 cm³/mol. The third-order valence-corrected chi connectivity index (χ3v) is 5.27. The molecule has 25 heavy (non-hydrogen) atoms. The van der Waals surface area contributed by atoms with E-state index in [2.05, 4.69) is 10.3 Å². The molecule has 4 nitrogen and oxygen atoms in total. The van der Waals surface area contributed by atoms with Gasteiger partial charge in [-0.3, -0.25) is 9.00 Å². The summed E-state index contributed by atoms with van der Waals surface area (Å²) in [7, 11) is -1.10. The fraction of sp³-hybridized carbons (Fsp3) is 0.111. The number of carbonyl (C=O) groups excluding carboxylic acids is 1. The Balaban J connectivity index is 1.68. The number of hydrogen-bond acceptors (Lipinski definition) is 4. The lowest BCUT2D eigenvalue weighted by Crippen LogP contribution is -2.14. The van der Waals surface area contributed by atoms with Crippen LogP contribution >= 0.6 is 11.3 Å². The van der Waals surface area contributed by atoms with Crippen molar-refractivity contribution < 1.29 is 13.4 Å². The smallest absolute Gasteiger partial charge is 0.230 e. The van der Waals surface area contributed by atoms with E-state index >= 15 is 0 Å². The van der Waals surface area contributed by atoms with Crippen LogP contribution in [0.2, 0.25) is 0 Å². The summed E-state index contributed by atoms with van der Waals surface area (Å²) in [4.78, 5) is 17.2. The molecule has 0 aliphatic rings. The first-order valence-electron chi connectivity index (χ1n) is 7.45. The second-order valence-corrected chi connectivity index (χ2v) is 7.60. The predicted octanol–water partition coefficient (Wildman–Crippen LogP) is 3.87. The SMILES string of the molecule is CS(=O)c1cccc(NC(=O)Cc2csc(-c3cccc(F)c3)n2)c1. The van der Waals surface area contributed by atoms with Crippen LogP contribution in [0.4, 0.5) is 10.1 Å². The van der Waals surface area contributed by atoms with Crippen LogP contribution < -0.4 is 5.32 Å². The summed E-state index contributed by atoms with van der Waals surface area (Å²) >= 11 is 1.37. The second kappa shape index (κ2) is 7.67. The van der Waals surface area contributed by atoms with Crippen molar-refractivity contribution in [1.82, 2.24) is 4.98 Å². The summed E-state index contributed by atoms with van der Waals surface area (Å²) in [5.74, 6) is -0.532. The van der Waals surface area contributed by atoms with Crippen molar-refractivity contribution in [2.75, 3.05) is 11.6 Å². The highest BCUT2D eigenvalue weighted by molar-refractivity contribution is 7.84. The number of anilines is 1. The van der Waals surface area contributed by atoms with Gasteiger partial charge < -0.3 is 5.32 Å². The van der Waals surface area contributed by atoms with Crippen LogP contribution in [0.15, 0.2) is 58.8 Å². The van der Waals surface area contributed by atoms with Gasteiger partial charge in [0.25, 0.3) is 0 Å². The lowest BCUT2D eigenvalue weighted by molar-refractivity contribution is -0.115. The van der Waals surface area contributed by atoms with Crippen molar-refractivity contribution >= 4 is 33.7 Å². The zero-order valence-electron chi connectivity index (χ0n) is 13.4. The van der Waals surface area contributed by atoms with Gasteiger partial charge in [0.15, 0.2) is 0 Å². The Morgan fingerprint density at radius 2 is 2.04 bits per heavy atom. The molecule has 0 saturated carbocycles. The molecule has 3 aromatic rings. The number of amides is 1. The normalized spacial score (nSPS) is 11.9. The topological polar surface area (TPSA) is 59.1 Å². The van der Waals surface area contributed by atoms with Gasteiger partial charge in [0.1, 0.15) is 10.8 Å². The number of aromatic nitrogens is 1. The number of rotatable bonds is 5. The van der Waals surface area contributed by atoms with Gasteiger partial charge in [-0.1, -0.05) is 18.2 Å². The number of nitrogens with zero attached hydrogens (tertiary/aromatic N) is 1. The molecular formula is C18H15FN2O2S2. The Kier molecular flexibility index (Phi) is 5.35. The summed E-state index contributed by atoms with van der Waals surface area (Å²) < 4.78 is 24.8. The minimum atomic E-state index is -1.10. The van der Waals surface area contributed by atoms with Crippen molar-refractivity contribution in [2.45, 2.75) is 11.3 Å². The Hall–Kier alpha value is -2.38. The number of nitrogens with one attached hydrogen (secondary N) is 1. The molecule has 1 aromatic heterocycles. The summed E-state index contributed by atoms with van der Waals surface area (Å²) in [5, 5.41) is 5.24. The molecule has 1 atom stereocenters. The Labute approximate surface area is 151 Å². The van der Waals surface area contributed by atoms with Crippen LogP contribution in [0, 0.1) is 5.82 Å². The first-order valence-corrected chi connectivity index (χ1v) is 9.89. The molecule has 0 spiro atoms. The standard InChI is InChI=1S/C18H15FN2O2S2/c1-25(23)16-7-3-6-14(9-16)20-17(22)10-15-11-24-18(21-15)12-4-2-5-13(19)8-12/h2-9,11H,10H2,1H3,(H,20,22). The molecular weight excluding hydrogens is 359 g/mol. The maximum absolute atomic E-state index is 13.3. The summed E-state index contributed by atoms with van der Waals surface area (Å²) in [6, 6.07) is 13.1. The van der Waals surface area contributed by atoms with E-state index in [0.29, 0.717) is 26.8 Å². The third kappa shape index (κ3) is 4.58. The van der Waals surface area contributed by atoms with Gasteiger partial charge in [0.05, 0.1) is 12.1 Å². The number of thiazole rings is 1. The Morgan fingerprint density at radius 3 is 2.80 bits per heavy atom. The van der Waals surface area contributed by atoms with E-state index in [1.165, 1.54) is 23.5 Å². The molecule has 0 saturated heterocycles. The minimum Gasteiger partial charge on any atom is -0.326 e. The van der Waals surface area contributed by atoms with Crippen LogP contribution in [-0.4, -0.2) is 21.4 Å². The van der Waals surface area contributed by atoms with Crippen LogP contribution in [0.5, 0.6) is 0 Å². The lowest BCUT2D eigenvalue weighted by atomic mass is 10.2. The van der Waals surface area contributed by atoms with E-state index in [-0.39, 0.29) is 18.1 Å². The molecule has 1 heterocycles. The highest BCUT2D eigenvalue weighted by Crippen LogP contribution is 2.24. The number of benzene rings is 2. The van der Waals surface area contributed by atoms with E-state index in [9.17, 15) is 13.4 Å². The molecule has 0 fully saturated rings. The van der Waals surface area contributed by atoms with E-state index < -0.39 is 10.8 Å². The van der Waals surface area contributed by atoms with Gasteiger partial charge in [0, 0.05) is 38.6 Å². The van der Waals surface area contributed by atoms with Crippen LogP contribution in [0.3, 0.4) is 0 Å². The van der Waals surface area contributed by atoms with Gasteiger partial charge in [-0.25, -0.2) is 9.37 Å². The Morgan fingerprint density at radius 1 is 1.24 bits per heavy atom. The van der Waals surface area contributed by atoms with Gasteiger partial charge >= 0.3 is 0 Å². The van der Waals surface area contributed by atoms with E-state index in [1.54, 1.807) is 48.0 Å². The molecule has 1 N–H and O–H groups in total. The highest BCUT2D eigenvalue weighted by atomic mass is 32.2. The minimum absolute atomic E-state index is 0.116. The van der Waals surface area contributed by atoms with Crippen molar-refractivity contribution in [3.05, 3.63) is 65.4 Å². The zero-order valence-corrected chi connectivity index (χ0v) is 15.0. The van der Waals surface area contributed by atoms with Crippen LogP contribution in [0.1, 0.15) is 5.69 Å². The zero-order chi connectivity index (χ0) is 17.8. The third-order valence-electron chi connectivity index (χ3n) is 3.41. The fourth-order valence-corrected chi connectivity index (χ4v) is 3.64. The number of carbonyl (C=O) groups is 1. The van der Waals surface area contributed by atoms with Crippen molar-refractivity contribution in [3.8, 4) is 10.6 Å². The van der Waals surface area contributed by atoms with Crippen LogP contribution in [-0.2, 0) is 22.0 Å². The first kappa shape index (κ1) is 17.4. The second-order valence-electron chi connectivity index (χ2n) is 5.36. The molecule has 7 heteroatoms. The van der Waals surface area contributed by atoms with Crippen molar-refractivity contribution in [1.29, 1.82) is 0 Å². The van der Waals surface area contributed by atoms with Crippen molar-refractivity contribution in [3.63, 3.8) is 0 Å². The average Bonchev–Trinajstić information content (AvgIpc) is 3.03. The molecule has 1 amide bonds. The monoisotopic (exact) mass is 374 g/mol. The molecule has 0 radical (unpaired) electrons.